The summed E-state index contributed by atoms with van der Waals surface area (Å²) in [5, 5.41) is 3.08. The molecule has 0 aliphatic carbocycles. The molecule has 1 aliphatic rings. The highest BCUT2D eigenvalue weighted by molar-refractivity contribution is 5.80. The summed E-state index contributed by atoms with van der Waals surface area (Å²) >= 11 is 0. The molecule has 0 atom stereocenters. The van der Waals surface area contributed by atoms with Crippen LogP contribution < -0.4 is 5.56 Å². The molecule has 7 heteroatoms. The molecule has 1 amide bonds. The predicted molar refractivity (Wildman–Crippen MR) is 109 cm³/mol. The third kappa shape index (κ3) is 3.34. The lowest BCUT2D eigenvalue weighted by molar-refractivity contribution is -0.132. The number of amides is 1. The highest BCUT2D eigenvalue weighted by atomic mass is 19.1. The van der Waals surface area contributed by atoms with E-state index in [1.54, 1.807) is 18.2 Å². The summed E-state index contributed by atoms with van der Waals surface area (Å²) in [5.74, 6) is -0.145. The number of carbonyl (C=O) groups excluding carboxylic acids is 1. The van der Waals surface area contributed by atoms with Crippen molar-refractivity contribution in [3.8, 4) is 11.1 Å². The maximum Gasteiger partial charge on any atom is 0.272 e. The van der Waals surface area contributed by atoms with Crippen LogP contribution in [0, 0.1) is 12.7 Å². The van der Waals surface area contributed by atoms with Gasteiger partial charge in [0.1, 0.15) is 5.82 Å². The van der Waals surface area contributed by atoms with Crippen LogP contribution in [0.15, 0.2) is 35.1 Å². The van der Waals surface area contributed by atoms with Crippen LogP contribution in [0.2, 0.25) is 0 Å². The van der Waals surface area contributed by atoms with Crippen molar-refractivity contribution in [3.63, 3.8) is 0 Å². The first-order valence-electron chi connectivity index (χ1n) is 9.99. The Labute approximate surface area is 168 Å². The summed E-state index contributed by atoms with van der Waals surface area (Å²) in [6.07, 6.45) is 2.03. The van der Waals surface area contributed by atoms with E-state index in [-0.39, 0.29) is 22.7 Å². The third-order valence-electron chi connectivity index (χ3n) is 6.07. The van der Waals surface area contributed by atoms with Gasteiger partial charge in [-0.15, -0.1) is 0 Å². The number of nitrogens with one attached hydrogen (secondary N) is 1. The van der Waals surface area contributed by atoms with Gasteiger partial charge in [0.15, 0.2) is 5.65 Å². The van der Waals surface area contributed by atoms with Crippen LogP contribution in [0.1, 0.15) is 44.5 Å². The molecule has 1 saturated heterocycles. The lowest BCUT2D eigenvalue weighted by Gasteiger charge is -2.39. The average molecular weight is 396 g/mol. The number of aryl methyl sites for hydroxylation is 1. The van der Waals surface area contributed by atoms with Crippen LogP contribution in [0.3, 0.4) is 0 Å². The van der Waals surface area contributed by atoms with E-state index in [4.69, 9.17) is 4.98 Å². The van der Waals surface area contributed by atoms with Crippen molar-refractivity contribution < 1.29 is 9.18 Å². The van der Waals surface area contributed by atoms with E-state index in [2.05, 4.69) is 12.0 Å². The first kappa shape index (κ1) is 19.4. The second-order valence-electron chi connectivity index (χ2n) is 8.05. The van der Waals surface area contributed by atoms with E-state index in [1.807, 2.05) is 18.7 Å². The molecule has 152 valence electrons. The maximum atomic E-state index is 13.4. The molecule has 1 aliphatic heterocycles. The number of piperidine rings is 1. The van der Waals surface area contributed by atoms with Crippen LogP contribution in [-0.2, 0) is 10.2 Å². The van der Waals surface area contributed by atoms with Crippen LogP contribution in [0.25, 0.3) is 16.8 Å². The molecule has 3 aromatic rings. The van der Waals surface area contributed by atoms with Gasteiger partial charge in [-0.1, -0.05) is 26.0 Å². The number of aromatic nitrogens is 3. The normalized spacial score (nSPS) is 16.3. The number of hydrogen-bond acceptors (Lipinski definition) is 3. The first-order chi connectivity index (χ1) is 13.8. The molecule has 3 heterocycles. The van der Waals surface area contributed by atoms with Crippen LogP contribution in [0.4, 0.5) is 4.39 Å². The van der Waals surface area contributed by atoms with Gasteiger partial charge in [0.05, 0.1) is 5.69 Å². The van der Waals surface area contributed by atoms with Crippen LogP contribution in [0.5, 0.6) is 0 Å². The molecule has 1 aromatic carbocycles. The van der Waals surface area contributed by atoms with E-state index in [9.17, 15) is 14.0 Å². The average Bonchev–Trinajstić information content (AvgIpc) is 3.05. The van der Waals surface area contributed by atoms with Crippen molar-refractivity contribution in [2.45, 2.75) is 45.4 Å². The summed E-state index contributed by atoms with van der Waals surface area (Å²) in [6, 6.07) is 7.79. The fraction of sp³-hybridized carbons (Fsp3) is 0.409. The number of H-pyrrole nitrogens is 1. The first-order valence-corrected chi connectivity index (χ1v) is 9.99. The predicted octanol–water partition coefficient (Wildman–Crippen LogP) is 3.43. The lowest BCUT2D eigenvalue weighted by atomic mass is 9.77. The summed E-state index contributed by atoms with van der Waals surface area (Å²) < 4.78 is 14.8. The smallest absolute Gasteiger partial charge is 0.272 e. The van der Waals surface area contributed by atoms with Crippen molar-refractivity contribution in [3.05, 3.63) is 57.9 Å². The zero-order valence-electron chi connectivity index (χ0n) is 17.0. The number of carbonyl (C=O) groups is 1. The summed E-state index contributed by atoms with van der Waals surface area (Å²) in [5.41, 5.74) is 3.25. The molecule has 6 nitrogen and oxygen atoms in total. The van der Waals surface area contributed by atoms with Crippen molar-refractivity contribution in [1.82, 2.24) is 19.5 Å². The SMILES string of the molecule is CCC(=O)N1CCC(C)(c2cc(=O)n3[nH]c(C)c(-c4ccc(F)cc4)c3n2)CC1. The largest absolute Gasteiger partial charge is 0.343 e. The lowest BCUT2D eigenvalue weighted by Crippen LogP contribution is -2.44. The number of hydrogen-bond donors (Lipinski definition) is 1. The summed E-state index contributed by atoms with van der Waals surface area (Å²) in [6.45, 7) is 7.19. The second kappa shape index (κ2) is 7.13. The zero-order chi connectivity index (χ0) is 20.8. The zero-order valence-corrected chi connectivity index (χ0v) is 17.0. The molecule has 29 heavy (non-hydrogen) atoms. The molecule has 0 spiro atoms. The molecule has 0 radical (unpaired) electrons. The molecule has 0 saturated carbocycles. The van der Waals surface area contributed by atoms with Gasteiger partial charge < -0.3 is 4.90 Å². The van der Waals surface area contributed by atoms with Crippen LogP contribution >= 0.6 is 0 Å². The van der Waals surface area contributed by atoms with Crippen molar-refractivity contribution in [2.75, 3.05) is 13.1 Å². The van der Waals surface area contributed by atoms with E-state index in [0.717, 1.165) is 35.4 Å². The molecular formula is C22H25FN4O2. The number of aromatic amines is 1. The second-order valence-corrected chi connectivity index (χ2v) is 8.05. The standard InChI is InChI=1S/C22H25FN4O2/c1-4-18(28)26-11-9-22(3,10-12-26)17-13-19(29)27-21(24-17)20(14(2)25-27)15-5-7-16(23)8-6-15/h5-8,13,25H,4,9-12H2,1-3H3. The minimum absolute atomic E-state index is 0.162. The maximum absolute atomic E-state index is 13.4. The van der Waals surface area contributed by atoms with Gasteiger partial charge in [0.2, 0.25) is 5.91 Å². The Bertz CT molecular complexity index is 1120. The number of nitrogens with zero attached hydrogens (tertiary/aromatic N) is 3. The molecule has 1 N–H and O–H groups in total. The van der Waals surface area contributed by atoms with E-state index < -0.39 is 0 Å². The van der Waals surface area contributed by atoms with Gasteiger partial charge in [0.25, 0.3) is 5.56 Å². The van der Waals surface area contributed by atoms with Crippen molar-refractivity contribution in [2.24, 2.45) is 0 Å². The topological polar surface area (TPSA) is 70.5 Å². The molecule has 1 fully saturated rings. The Hall–Kier alpha value is -2.96. The third-order valence-corrected chi connectivity index (χ3v) is 6.07. The summed E-state index contributed by atoms with van der Waals surface area (Å²) in [4.78, 5) is 31.6. The Kier molecular flexibility index (Phi) is 4.76. The number of benzene rings is 1. The Morgan fingerprint density at radius 3 is 2.52 bits per heavy atom. The molecular weight excluding hydrogens is 371 g/mol. The fourth-order valence-corrected chi connectivity index (χ4v) is 4.15. The van der Waals surface area contributed by atoms with Gasteiger partial charge in [-0.3, -0.25) is 14.7 Å². The van der Waals surface area contributed by atoms with E-state index >= 15 is 0 Å². The van der Waals surface area contributed by atoms with Crippen molar-refractivity contribution >= 4 is 11.6 Å². The van der Waals surface area contributed by atoms with Gasteiger partial charge in [-0.05, 0) is 37.5 Å². The Morgan fingerprint density at radius 1 is 1.24 bits per heavy atom. The minimum atomic E-state index is -0.307. The number of fused-ring (bicyclic) bond motifs is 1. The molecule has 4 rings (SSSR count). The molecule has 0 unspecified atom stereocenters. The van der Waals surface area contributed by atoms with E-state index in [0.29, 0.717) is 25.2 Å². The van der Waals surface area contributed by atoms with Gasteiger partial charge >= 0.3 is 0 Å². The van der Waals surface area contributed by atoms with Gasteiger partial charge in [0, 0.05) is 42.2 Å². The molecule has 0 bridgehead atoms. The quantitative estimate of drug-likeness (QED) is 0.737. The number of halogens is 1. The van der Waals surface area contributed by atoms with Gasteiger partial charge in [-0.2, -0.15) is 0 Å². The number of rotatable bonds is 3. The Balaban J connectivity index is 1.77. The Morgan fingerprint density at radius 2 is 1.90 bits per heavy atom. The molecule has 2 aromatic heterocycles. The highest BCUT2D eigenvalue weighted by Crippen LogP contribution is 2.35. The van der Waals surface area contributed by atoms with Crippen molar-refractivity contribution in [1.29, 1.82) is 0 Å². The van der Waals surface area contributed by atoms with E-state index in [1.165, 1.54) is 16.6 Å². The minimum Gasteiger partial charge on any atom is -0.343 e. The summed E-state index contributed by atoms with van der Waals surface area (Å²) in [7, 11) is 0. The fourth-order valence-electron chi connectivity index (χ4n) is 4.15. The van der Waals surface area contributed by atoms with Crippen LogP contribution in [-0.4, -0.2) is 38.5 Å². The van der Waals surface area contributed by atoms with Gasteiger partial charge in [-0.25, -0.2) is 13.9 Å². The monoisotopic (exact) mass is 396 g/mol. The highest BCUT2D eigenvalue weighted by Gasteiger charge is 2.35. The number of likely N-dealkylation sites (tertiary alicyclic amines) is 1.